The van der Waals surface area contributed by atoms with Crippen molar-refractivity contribution in [1.82, 2.24) is 21.2 Å². The fourth-order valence-electron chi connectivity index (χ4n) is 2.71. The number of nitrogens with one attached hydrogen (secondary N) is 3. The van der Waals surface area contributed by atoms with Crippen LogP contribution < -0.4 is 16.2 Å². The summed E-state index contributed by atoms with van der Waals surface area (Å²) in [7, 11) is 0. The van der Waals surface area contributed by atoms with Crippen molar-refractivity contribution in [2.75, 3.05) is 6.54 Å². The van der Waals surface area contributed by atoms with Gasteiger partial charge in [0.15, 0.2) is 0 Å². The van der Waals surface area contributed by atoms with Gasteiger partial charge in [0, 0.05) is 24.5 Å². The highest BCUT2D eigenvalue weighted by atomic mass is 16.3. The number of hydrazine groups is 1. The van der Waals surface area contributed by atoms with E-state index in [1.165, 1.54) is 0 Å². The van der Waals surface area contributed by atoms with Gasteiger partial charge in [0.25, 0.3) is 0 Å². The molecule has 6 nitrogen and oxygen atoms in total. The minimum absolute atomic E-state index is 0.0423. The van der Waals surface area contributed by atoms with Gasteiger partial charge in [0.2, 0.25) is 5.91 Å². The Morgan fingerprint density at radius 1 is 1.26 bits per heavy atom. The first-order chi connectivity index (χ1) is 11.2. The number of phenols is 1. The van der Waals surface area contributed by atoms with Gasteiger partial charge in [-0.05, 0) is 30.5 Å². The number of aromatic hydroxyl groups is 1. The van der Waals surface area contributed by atoms with Gasteiger partial charge in [0.05, 0.1) is 6.04 Å². The molecule has 2 heterocycles. The standard InChI is InChI=1S/C17H20N4O2/c22-16-6-2-1-5-13(16)14-10-15(21-20-14)17(23)19-9-7-12-4-3-8-18-11-12/h1-6,8,11,14-15,20-22H,7,9-10H2,(H,19,23). The molecule has 0 aliphatic carbocycles. The summed E-state index contributed by atoms with van der Waals surface area (Å²) >= 11 is 0. The summed E-state index contributed by atoms with van der Waals surface area (Å²) in [5.74, 6) is 0.198. The molecule has 2 aromatic rings. The number of amides is 1. The molecule has 4 N–H and O–H groups in total. The number of rotatable bonds is 5. The second-order valence-electron chi connectivity index (χ2n) is 5.59. The monoisotopic (exact) mass is 312 g/mol. The molecule has 0 radical (unpaired) electrons. The normalized spacial score (nSPS) is 20.3. The molecular formula is C17H20N4O2. The third-order valence-corrected chi connectivity index (χ3v) is 3.97. The van der Waals surface area contributed by atoms with Crippen LogP contribution >= 0.6 is 0 Å². The van der Waals surface area contributed by atoms with Gasteiger partial charge in [-0.3, -0.25) is 9.78 Å². The molecule has 6 heteroatoms. The van der Waals surface area contributed by atoms with Gasteiger partial charge in [-0.1, -0.05) is 24.3 Å². The smallest absolute Gasteiger partial charge is 0.238 e. The fraction of sp³-hybridized carbons (Fsp3) is 0.294. The van der Waals surface area contributed by atoms with Gasteiger partial charge in [-0.25, -0.2) is 10.9 Å². The van der Waals surface area contributed by atoms with Crippen LogP contribution in [0.15, 0.2) is 48.8 Å². The minimum Gasteiger partial charge on any atom is -0.508 e. The van der Waals surface area contributed by atoms with Gasteiger partial charge in [-0.15, -0.1) is 0 Å². The predicted octanol–water partition coefficient (Wildman–Crippen LogP) is 1.05. The minimum atomic E-state index is -0.312. The number of hydrogen-bond donors (Lipinski definition) is 4. The summed E-state index contributed by atoms with van der Waals surface area (Å²) in [6, 6.07) is 10.6. The van der Waals surface area contributed by atoms with E-state index >= 15 is 0 Å². The zero-order valence-electron chi connectivity index (χ0n) is 12.7. The molecule has 1 aromatic heterocycles. The van der Waals surface area contributed by atoms with E-state index in [2.05, 4.69) is 21.2 Å². The van der Waals surface area contributed by atoms with Crippen LogP contribution in [0.4, 0.5) is 0 Å². The lowest BCUT2D eigenvalue weighted by Gasteiger charge is -2.11. The molecular weight excluding hydrogens is 292 g/mol. The maximum Gasteiger partial charge on any atom is 0.238 e. The van der Waals surface area contributed by atoms with Crippen molar-refractivity contribution >= 4 is 5.91 Å². The van der Waals surface area contributed by atoms with Gasteiger partial charge in [0.1, 0.15) is 11.8 Å². The fourth-order valence-corrected chi connectivity index (χ4v) is 2.71. The first-order valence-electron chi connectivity index (χ1n) is 7.69. The van der Waals surface area contributed by atoms with Crippen LogP contribution in [-0.2, 0) is 11.2 Å². The Labute approximate surface area is 134 Å². The lowest BCUT2D eigenvalue weighted by atomic mass is 10.0. The topological polar surface area (TPSA) is 86.3 Å². The Hall–Kier alpha value is -2.44. The highest BCUT2D eigenvalue weighted by Crippen LogP contribution is 2.28. The van der Waals surface area contributed by atoms with Crippen molar-refractivity contribution in [1.29, 1.82) is 0 Å². The molecule has 2 unspecified atom stereocenters. The summed E-state index contributed by atoms with van der Waals surface area (Å²) in [6.07, 6.45) is 4.88. The van der Waals surface area contributed by atoms with Gasteiger partial charge < -0.3 is 10.4 Å². The maximum absolute atomic E-state index is 12.2. The van der Waals surface area contributed by atoms with Crippen molar-refractivity contribution in [2.24, 2.45) is 0 Å². The summed E-state index contributed by atoms with van der Waals surface area (Å²) in [5.41, 5.74) is 7.96. The average molecular weight is 312 g/mol. The van der Waals surface area contributed by atoms with Crippen molar-refractivity contribution in [3.63, 3.8) is 0 Å². The second kappa shape index (κ2) is 7.21. The van der Waals surface area contributed by atoms with E-state index in [9.17, 15) is 9.90 Å². The first kappa shape index (κ1) is 15.5. The third kappa shape index (κ3) is 3.85. The second-order valence-corrected chi connectivity index (χ2v) is 5.59. The van der Waals surface area contributed by atoms with E-state index < -0.39 is 0 Å². The number of pyridine rings is 1. The largest absolute Gasteiger partial charge is 0.508 e. The molecule has 1 aromatic carbocycles. The number of hydrogen-bond acceptors (Lipinski definition) is 5. The van der Waals surface area contributed by atoms with Crippen molar-refractivity contribution in [3.8, 4) is 5.75 Å². The van der Waals surface area contributed by atoms with E-state index in [0.717, 1.165) is 17.5 Å². The van der Waals surface area contributed by atoms with E-state index in [-0.39, 0.29) is 23.7 Å². The van der Waals surface area contributed by atoms with E-state index in [1.54, 1.807) is 24.5 Å². The Bertz CT molecular complexity index is 663. The lowest BCUT2D eigenvalue weighted by Crippen LogP contribution is -2.43. The SMILES string of the molecule is O=C(NCCc1cccnc1)C1CC(c2ccccc2O)NN1. The third-order valence-electron chi connectivity index (χ3n) is 3.97. The number of carbonyl (C=O) groups is 1. The first-order valence-corrected chi connectivity index (χ1v) is 7.69. The molecule has 1 aliphatic rings. The van der Waals surface area contributed by atoms with E-state index in [4.69, 9.17) is 0 Å². The molecule has 1 amide bonds. The number of benzene rings is 1. The number of carbonyl (C=O) groups excluding carboxylic acids is 1. The molecule has 2 atom stereocenters. The molecule has 1 fully saturated rings. The number of para-hydroxylation sites is 1. The highest BCUT2D eigenvalue weighted by Gasteiger charge is 2.30. The Morgan fingerprint density at radius 2 is 2.13 bits per heavy atom. The summed E-state index contributed by atoms with van der Waals surface area (Å²) in [5, 5.41) is 12.8. The van der Waals surface area contributed by atoms with Crippen LogP contribution in [0, 0.1) is 0 Å². The van der Waals surface area contributed by atoms with Crippen molar-refractivity contribution in [3.05, 3.63) is 59.9 Å². The Balaban J connectivity index is 1.49. The molecule has 0 saturated carbocycles. The zero-order valence-corrected chi connectivity index (χ0v) is 12.7. The summed E-state index contributed by atoms with van der Waals surface area (Å²) < 4.78 is 0. The molecule has 23 heavy (non-hydrogen) atoms. The van der Waals surface area contributed by atoms with Crippen molar-refractivity contribution < 1.29 is 9.90 Å². The number of nitrogens with zero attached hydrogens (tertiary/aromatic N) is 1. The Morgan fingerprint density at radius 3 is 2.91 bits per heavy atom. The lowest BCUT2D eigenvalue weighted by molar-refractivity contribution is -0.122. The molecule has 120 valence electrons. The van der Waals surface area contributed by atoms with Crippen LogP contribution in [0.5, 0.6) is 5.75 Å². The number of aromatic nitrogens is 1. The predicted molar refractivity (Wildman–Crippen MR) is 86.5 cm³/mol. The number of phenolic OH excluding ortho intramolecular Hbond substituents is 1. The van der Waals surface area contributed by atoms with E-state index in [0.29, 0.717) is 13.0 Å². The average Bonchev–Trinajstić information content (AvgIpc) is 3.06. The zero-order chi connectivity index (χ0) is 16.1. The molecule has 1 aliphatic heterocycles. The summed E-state index contributed by atoms with van der Waals surface area (Å²) in [6.45, 7) is 0.573. The van der Waals surface area contributed by atoms with Crippen LogP contribution in [0.25, 0.3) is 0 Å². The van der Waals surface area contributed by atoms with Gasteiger partial charge >= 0.3 is 0 Å². The summed E-state index contributed by atoms with van der Waals surface area (Å²) in [4.78, 5) is 16.3. The molecule has 1 saturated heterocycles. The highest BCUT2D eigenvalue weighted by molar-refractivity contribution is 5.82. The van der Waals surface area contributed by atoms with Crippen LogP contribution in [0.2, 0.25) is 0 Å². The maximum atomic E-state index is 12.2. The van der Waals surface area contributed by atoms with Crippen LogP contribution in [0.3, 0.4) is 0 Å². The van der Waals surface area contributed by atoms with Crippen LogP contribution in [0.1, 0.15) is 23.6 Å². The Kier molecular flexibility index (Phi) is 4.85. The quantitative estimate of drug-likeness (QED) is 0.663. The molecule has 3 rings (SSSR count). The molecule has 0 spiro atoms. The van der Waals surface area contributed by atoms with Gasteiger partial charge in [-0.2, -0.15) is 0 Å². The van der Waals surface area contributed by atoms with E-state index in [1.807, 2.05) is 24.3 Å². The van der Waals surface area contributed by atoms with Crippen molar-refractivity contribution in [2.45, 2.75) is 24.9 Å². The van der Waals surface area contributed by atoms with Crippen LogP contribution in [-0.4, -0.2) is 28.6 Å². The molecule has 0 bridgehead atoms.